The summed E-state index contributed by atoms with van der Waals surface area (Å²) >= 11 is 0. The van der Waals surface area contributed by atoms with E-state index in [0.717, 1.165) is 12.8 Å². The normalized spacial score (nSPS) is 13.1. The Morgan fingerprint density at radius 3 is 2.20 bits per heavy atom. The highest BCUT2D eigenvalue weighted by Crippen LogP contribution is 2.33. The van der Waals surface area contributed by atoms with Crippen LogP contribution in [-0.2, 0) is 46.3 Å². The fourth-order valence-electron chi connectivity index (χ4n) is 5.47. The first-order valence-corrected chi connectivity index (χ1v) is 17.9. The largest absolute Gasteiger partial charge is 0.511 e. The molecule has 1 fully saturated rings. The van der Waals surface area contributed by atoms with E-state index in [1.807, 2.05) is 0 Å². The molecule has 1 heterocycles. The van der Waals surface area contributed by atoms with Gasteiger partial charge in [0, 0.05) is 50.6 Å². The van der Waals surface area contributed by atoms with Gasteiger partial charge in [-0.15, -0.1) is 0 Å². The van der Waals surface area contributed by atoms with Crippen LogP contribution in [0.5, 0.6) is 0 Å². The number of benzene rings is 2. The standard InChI is InChI=1S/C41H45N3O12/c1-7-28-17-33(36(47)16-26-10-12-29(13-11-26)34(42)19-37(48)54-24(5)53-23(4)46)32(18-30(28)21-45)31-14-15-35(39(49)43-20-27-8-9-27)44-38(31)40(50)55-25(6)56-41(51)52-22(2)3/h7,10-15,17-18,22,24-25,27,42,45H,1,8-9,16,19-21H2,2-6H3,(H,43,49). The highest BCUT2D eigenvalue weighted by atomic mass is 16.8. The molecule has 1 aromatic heterocycles. The number of rotatable bonds is 18. The van der Waals surface area contributed by atoms with Crippen molar-refractivity contribution in [2.45, 2.75) is 85.6 Å². The highest BCUT2D eigenvalue weighted by Gasteiger charge is 2.28. The first-order valence-electron chi connectivity index (χ1n) is 17.9. The molecular weight excluding hydrogens is 726 g/mol. The number of pyridine rings is 1. The van der Waals surface area contributed by atoms with Gasteiger partial charge in [-0.05, 0) is 84.7 Å². The van der Waals surface area contributed by atoms with E-state index in [1.54, 1.807) is 38.1 Å². The number of nitrogens with zero attached hydrogens (tertiary/aromatic N) is 1. The number of Topliss-reactive ketones (excluding diaryl/α,β-unsaturated/α-hetero) is 1. The number of aromatic nitrogens is 1. The van der Waals surface area contributed by atoms with Crippen LogP contribution in [0.4, 0.5) is 4.79 Å². The van der Waals surface area contributed by atoms with Crippen molar-refractivity contribution in [1.29, 1.82) is 5.41 Å². The van der Waals surface area contributed by atoms with E-state index in [-0.39, 0.29) is 46.6 Å². The quantitative estimate of drug-likeness (QED) is 0.0464. The van der Waals surface area contributed by atoms with E-state index in [9.17, 15) is 33.9 Å². The minimum Gasteiger partial charge on any atom is -0.431 e. The molecule has 15 nitrogen and oxygen atoms in total. The number of amides is 1. The number of ketones is 1. The van der Waals surface area contributed by atoms with Crippen molar-refractivity contribution < 1.29 is 57.6 Å². The second kappa shape index (κ2) is 19.4. The lowest BCUT2D eigenvalue weighted by Gasteiger charge is -2.18. The van der Waals surface area contributed by atoms with E-state index in [0.29, 0.717) is 34.7 Å². The summed E-state index contributed by atoms with van der Waals surface area (Å²) in [4.78, 5) is 80.7. The van der Waals surface area contributed by atoms with E-state index in [4.69, 9.17) is 29.1 Å². The predicted molar refractivity (Wildman–Crippen MR) is 202 cm³/mol. The molecule has 3 N–H and O–H groups in total. The zero-order valence-corrected chi connectivity index (χ0v) is 31.8. The van der Waals surface area contributed by atoms with Crippen molar-refractivity contribution in [1.82, 2.24) is 10.3 Å². The Kier molecular flexibility index (Phi) is 14.7. The number of nitrogens with one attached hydrogen (secondary N) is 2. The first-order chi connectivity index (χ1) is 26.6. The van der Waals surface area contributed by atoms with E-state index in [2.05, 4.69) is 16.9 Å². The molecule has 2 aromatic carbocycles. The zero-order valence-electron chi connectivity index (χ0n) is 31.8. The van der Waals surface area contributed by atoms with Crippen LogP contribution in [0.25, 0.3) is 17.2 Å². The molecule has 0 spiro atoms. The molecule has 0 aliphatic heterocycles. The van der Waals surface area contributed by atoms with Crippen LogP contribution in [0.3, 0.4) is 0 Å². The number of esters is 3. The van der Waals surface area contributed by atoms with Crippen LogP contribution in [0.15, 0.2) is 55.1 Å². The molecule has 0 bridgehead atoms. The Morgan fingerprint density at radius 1 is 0.911 bits per heavy atom. The van der Waals surface area contributed by atoms with Gasteiger partial charge in [-0.1, -0.05) is 36.9 Å². The fourth-order valence-corrected chi connectivity index (χ4v) is 5.47. The topological polar surface area (TPSA) is 218 Å². The van der Waals surface area contributed by atoms with Crippen molar-refractivity contribution in [3.63, 3.8) is 0 Å². The molecule has 1 aliphatic carbocycles. The summed E-state index contributed by atoms with van der Waals surface area (Å²) in [7, 11) is 0. The maximum Gasteiger partial charge on any atom is 0.511 e. The average molecular weight is 772 g/mol. The van der Waals surface area contributed by atoms with Gasteiger partial charge in [-0.3, -0.25) is 19.2 Å². The van der Waals surface area contributed by atoms with Crippen molar-refractivity contribution >= 4 is 47.5 Å². The second-order valence-electron chi connectivity index (χ2n) is 13.3. The maximum atomic E-state index is 14.1. The van der Waals surface area contributed by atoms with Gasteiger partial charge in [0.1, 0.15) is 5.69 Å². The van der Waals surface area contributed by atoms with Crippen LogP contribution < -0.4 is 5.32 Å². The smallest absolute Gasteiger partial charge is 0.431 e. The lowest BCUT2D eigenvalue weighted by molar-refractivity contribution is -0.181. The number of aliphatic hydroxyl groups is 1. The van der Waals surface area contributed by atoms with Gasteiger partial charge in [0.05, 0.1) is 19.1 Å². The lowest BCUT2D eigenvalue weighted by atomic mass is 9.89. The monoisotopic (exact) mass is 771 g/mol. The SMILES string of the molecule is C=Cc1cc(C(=O)Cc2ccc(C(=N)CC(=O)OC(C)OC(C)=O)cc2)c(-c2ccc(C(=O)NCC3CC3)nc2C(=O)OC(C)OC(=O)OC(C)C)cc1CO. The third-order valence-corrected chi connectivity index (χ3v) is 8.31. The summed E-state index contributed by atoms with van der Waals surface area (Å²) in [5, 5.41) is 21.4. The Bertz CT molecular complexity index is 2000. The van der Waals surface area contributed by atoms with Gasteiger partial charge in [0.25, 0.3) is 5.91 Å². The molecule has 56 heavy (non-hydrogen) atoms. The molecule has 2 atom stereocenters. The Balaban J connectivity index is 1.66. The summed E-state index contributed by atoms with van der Waals surface area (Å²) < 4.78 is 25.2. The molecule has 1 saturated carbocycles. The van der Waals surface area contributed by atoms with Crippen LogP contribution in [0.1, 0.15) is 107 Å². The predicted octanol–water partition coefficient (Wildman–Crippen LogP) is 5.72. The van der Waals surface area contributed by atoms with Crippen molar-refractivity contribution in [3.05, 3.63) is 94.3 Å². The summed E-state index contributed by atoms with van der Waals surface area (Å²) in [6.07, 6.45) is -1.16. The summed E-state index contributed by atoms with van der Waals surface area (Å²) in [6, 6.07) is 12.3. The molecule has 0 saturated heterocycles. The van der Waals surface area contributed by atoms with E-state index < -0.39 is 61.0 Å². The van der Waals surface area contributed by atoms with Crippen molar-refractivity contribution in [3.8, 4) is 11.1 Å². The van der Waals surface area contributed by atoms with Crippen LogP contribution >= 0.6 is 0 Å². The minimum absolute atomic E-state index is 0.0616. The molecule has 4 rings (SSSR count). The summed E-state index contributed by atoms with van der Waals surface area (Å²) in [5.74, 6) is -3.01. The fraction of sp³-hybridized carbons (Fsp3) is 0.366. The lowest BCUT2D eigenvalue weighted by Crippen LogP contribution is -2.28. The number of aliphatic hydroxyl groups excluding tert-OH is 1. The minimum atomic E-state index is -1.42. The first kappa shape index (κ1) is 42.5. The van der Waals surface area contributed by atoms with Crippen molar-refractivity contribution in [2.24, 2.45) is 5.92 Å². The van der Waals surface area contributed by atoms with Gasteiger partial charge in [-0.25, -0.2) is 14.6 Å². The van der Waals surface area contributed by atoms with Crippen LogP contribution in [-0.4, -0.2) is 76.8 Å². The van der Waals surface area contributed by atoms with Gasteiger partial charge < -0.3 is 39.5 Å². The number of hydrogen-bond acceptors (Lipinski definition) is 14. The number of hydrogen-bond donors (Lipinski definition) is 3. The van der Waals surface area contributed by atoms with E-state index >= 15 is 0 Å². The van der Waals surface area contributed by atoms with Crippen LogP contribution in [0.2, 0.25) is 0 Å². The Hall–Kier alpha value is -6.22. The second-order valence-corrected chi connectivity index (χ2v) is 13.3. The number of carbonyl (C=O) groups excluding carboxylic acids is 6. The molecule has 1 aliphatic rings. The molecule has 3 aromatic rings. The summed E-state index contributed by atoms with van der Waals surface area (Å²) in [5.41, 5.74) is 1.69. The number of ether oxygens (including phenoxy) is 5. The third kappa shape index (κ3) is 12.1. The Morgan fingerprint density at radius 2 is 1.59 bits per heavy atom. The maximum absolute atomic E-state index is 14.1. The number of carbonyl (C=O) groups is 6. The molecule has 15 heteroatoms. The van der Waals surface area contributed by atoms with E-state index in [1.165, 1.54) is 51.1 Å². The molecule has 2 unspecified atom stereocenters. The highest BCUT2D eigenvalue weighted by molar-refractivity contribution is 6.09. The van der Waals surface area contributed by atoms with Gasteiger partial charge in [0.15, 0.2) is 11.5 Å². The zero-order chi connectivity index (χ0) is 41.1. The molecule has 0 radical (unpaired) electrons. The summed E-state index contributed by atoms with van der Waals surface area (Å²) in [6.45, 7) is 10.9. The van der Waals surface area contributed by atoms with Crippen LogP contribution in [0, 0.1) is 11.3 Å². The molecule has 1 amide bonds. The third-order valence-electron chi connectivity index (χ3n) is 8.31. The average Bonchev–Trinajstić information content (AvgIpc) is 3.97. The van der Waals surface area contributed by atoms with Crippen molar-refractivity contribution in [2.75, 3.05) is 6.54 Å². The van der Waals surface area contributed by atoms with Gasteiger partial charge >= 0.3 is 24.1 Å². The molecule has 296 valence electrons. The molecular formula is C41H45N3O12. The Labute approximate surface area is 323 Å². The van der Waals surface area contributed by atoms with Gasteiger partial charge in [-0.2, -0.15) is 0 Å². The van der Waals surface area contributed by atoms with Gasteiger partial charge in [0.2, 0.25) is 12.6 Å².